The number of aromatic nitrogens is 7. The number of nitrogens with two attached hydrogens (primary N) is 3. The number of nitro groups is 2. The molecule has 1 saturated heterocycles. The highest BCUT2D eigenvalue weighted by molar-refractivity contribution is 8.93. The lowest BCUT2D eigenvalue weighted by atomic mass is 9.78. The Morgan fingerprint density at radius 2 is 0.806 bits per heavy atom. The molecule has 752 valence electrons. The number of hydrazone groups is 1. The van der Waals surface area contributed by atoms with Crippen molar-refractivity contribution < 1.29 is 103 Å². The maximum absolute atomic E-state index is 13.0. The number of rotatable bonds is 20. The fourth-order valence-corrected chi connectivity index (χ4v) is 19.6. The van der Waals surface area contributed by atoms with Crippen molar-refractivity contribution in [1.82, 2.24) is 34.7 Å². The molecule has 0 bridgehead atoms. The third-order valence-corrected chi connectivity index (χ3v) is 27.8. The van der Waals surface area contributed by atoms with Gasteiger partial charge in [-0.05, 0) is 216 Å². The van der Waals surface area contributed by atoms with E-state index in [1.165, 1.54) is 118 Å². The highest BCUT2D eigenvalue weighted by Gasteiger charge is 2.53. The van der Waals surface area contributed by atoms with Crippen LogP contribution >= 0.6 is 90.6 Å². The number of nitrogen functional groups attached to an aromatic ring is 3. The van der Waals surface area contributed by atoms with E-state index in [1.54, 1.807) is 133 Å². The lowest BCUT2D eigenvalue weighted by molar-refractivity contribution is -0.385. The van der Waals surface area contributed by atoms with Gasteiger partial charge >= 0.3 is 48.3 Å². The zero-order valence-electron chi connectivity index (χ0n) is 79.4. The molecule has 15 N–H and O–H groups in total. The third kappa shape index (κ3) is 24.8. The standard InChI is InChI=1S/C24H21N5O4S.C13H18BNO5.C13H14N2O.C12H10N2O5S.C12H12N2O3S.2C11H10N2O3S.2BrH/c1-12-19(23(31)29(28-12)16-10-9-14-5-3-6-15(14)11-16)27-26-18-8-4-7-17(21(18)30)22-25-20(24(32)33)13(2)34-22;1-12(2)13(3,4)20-14(19-12)9-7-6-8-10(15(16)17)11(9)18-5;1-9-7-13(16)15(14-9)12-6-5-10-3-2-4-11(10)8-12;1-6-9(12(15)16)13-11(20-6)7-4-3-5-8(14(17)18)10(7)19-2;1-6-9(12(15)16)14-11(18-6)7-4-3-5-8(13)10(7)17-2;2*1-5-8(11(15)16)13-10(17-5)6-3-2-4-7(12)9(6)14;;/h4,7-11,28,30H,3,5-6H2,1-2H3,(H,32,33);6-8H,1-5H3;5-6,8H,2-4,7H2,1H3;3-5H,1-2H3,(H,15,16);3-5H,13H2,1-2H3,(H,15,16);2*2-4,14H,12H2,1H3,(H,15,16);2*1H. The smallest absolute Gasteiger partial charge is 0.498 e. The zero-order chi connectivity index (χ0) is 104. The summed E-state index contributed by atoms with van der Waals surface area (Å²) in [4.78, 5) is 124. The normalized spacial score (nSPS) is 13.1. The quantitative estimate of drug-likeness (QED) is 0.00842. The highest BCUT2D eigenvalue weighted by atomic mass is 79.9. The molecule has 48 heteroatoms. The number of nitro benzene ring substituents is 2. The fourth-order valence-electron chi connectivity index (χ4n) is 15.0. The summed E-state index contributed by atoms with van der Waals surface area (Å²) >= 11 is 6.04. The van der Waals surface area contributed by atoms with E-state index in [1.807, 2.05) is 52.8 Å². The van der Waals surface area contributed by atoms with Crippen LogP contribution in [0.15, 0.2) is 166 Å². The second kappa shape index (κ2) is 47.2. The third-order valence-electron chi connectivity index (χ3n) is 22.8. The Morgan fingerprint density at radius 1 is 0.458 bits per heavy atom. The van der Waals surface area contributed by atoms with E-state index in [2.05, 4.69) is 63.5 Å². The first kappa shape index (κ1) is 111. The van der Waals surface area contributed by atoms with E-state index >= 15 is 0 Å². The second-order valence-corrected chi connectivity index (χ2v) is 38.9. The highest BCUT2D eigenvalue weighted by Crippen LogP contribution is 2.46. The van der Waals surface area contributed by atoms with E-state index in [0.29, 0.717) is 106 Å². The van der Waals surface area contributed by atoms with Crippen LogP contribution in [-0.4, -0.2) is 167 Å². The van der Waals surface area contributed by atoms with Gasteiger partial charge in [-0.3, -0.25) is 34.9 Å². The van der Waals surface area contributed by atoms with Crippen LogP contribution in [0.25, 0.3) is 58.5 Å². The second-order valence-electron chi connectivity index (χ2n) is 32.8. The number of carbonyl (C=O) groups is 6. The van der Waals surface area contributed by atoms with Gasteiger partial charge in [-0.15, -0.1) is 101 Å². The molecule has 144 heavy (non-hydrogen) atoms. The van der Waals surface area contributed by atoms with Crippen molar-refractivity contribution in [3.63, 3.8) is 0 Å². The van der Waals surface area contributed by atoms with E-state index in [-0.39, 0.29) is 137 Å². The van der Waals surface area contributed by atoms with Gasteiger partial charge in [-0.1, -0.05) is 54.6 Å². The summed E-state index contributed by atoms with van der Waals surface area (Å²) in [5.41, 5.74) is 27.9. The number of azo groups is 1. The van der Waals surface area contributed by atoms with E-state index < -0.39 is 58.0 Å². The lowest BCUT2D eigenvalue weighted by Gasteiger charge is -2.32. The van der Waals surface area contributed by atoms with E-state index in [0.717, 1.165) is 65.4 Å². The molecule has 0 unspecified atom stereocenters. The minimum atomic E-state index is -1.13. The minimum Gasteiger partial charge on any atom is -0.505 e. The van der Waals surface area contributed by atoms with Gasteiger partial charge in [-0.2, -0.15) is 5.10 Å². The molecular weight excluding hydrogens is 2090 g/mol. The Hall–Kier alpha value is -15.0. The lowest BCUT2D eigenvalue weighted by Crippen LogP contribution is -2.41. The van der Waals surface area contributed by atoms with Gasteiger partial charge in [0.1, 0.15) is 42.2 Å². The number of aromatic amines is 1. The summed E-state index contributed by atoms with van der Waals surface area (Å²) in [6.45, 7) is 19.7. The molecule has 2 aliphatic heterocycles. The summed E-state index contributed by atoms with van der Waals surface area (Å²) in [5, 5.41) is 117. The van der Waals surface area contributed by atoms with Crippen LogP contribution in [0.4, 0.5) is 45.5 Å². The summed E-state index contributed by atoms with van der Waals surface area (Å²) in [6, 6.07) is 41.3. The first-order valence-electron chi connectivity index (χ1n) is 43.0. The molecule has 18 rings (SSSR count). The average molecular weight is 2190 g/mol. The molecule has 0 saturated carbocycles. The molecule has 6 aromatic heterocycles. The molecule has 2 aliphatic carbocycles. The number of hydrogen-bond donors (Lipinski definition) is 12. The number of carbonyl (C=O) groups excluding carboxylic acids is 1. The Bertz CT molecular complexity index is 7290. The molecule has 0 spiro atoms. The number of amides is 1. The fraction of sp³-hybridized carbons (Fsp3) is 0.240. The average Bonchev–Trinajstić information content (AvgIpc) is 1.61. The molecule has 0 atom stereocenters. The number of aryl methyl sites for hydroxylation is 10. The number of nitrogens with zero attached hydrogens (tertiary/aromatic N) is 12. The molecule has 40 nitrogen and oxygen atoms in total. The number of hydrogen-bond acceptors (Lipinski definition) is 35. The predicted molar refractivity (Wildman–Crippen MR) is 561 cm³/mol. The molecule has 8 heterocycles. The van der Waals surface area contributed by atoms with Crippen LogP contribution < -0.4 is 47.4 Å². The number of benzene rings is 8. The number of carboxylic acids is 5. The topological polar surface area (TPSA) is 617 Å². The van der Waals surface area contributed by atoms with Crippen molar-refractivity contribution in [2.75, 3.05) is 43.5 Å². The Morgan fingerprint density at radius 3 is 1.19 bits per heavy atom. The SMILES string of the molecule is Br.Br.CC1=NN(c2ccc3c(c2)CCC3)C(=O)C1.COc1c(-c2nc(C(=O)O)c(C)s2)cccc1[N+](=O)[O-].COc1c(B2OC(C)(C)C(C)(C)O2)cccc1[N+](=O)[O-].COc1c(N)cccc1-c1nc(C(=O)O)c(C)s1.Cc1[nH]n(-c2ccc3c(c2)CCC3)c(=O)c1N=Nc1cccc(-c2nc(C(=O)O)c(C)s2)c1O.Cc1sc(-c2cccc(N)c2O)nc1C(=O)O.Cc1sc(-c2cccc(N)c2O)nc1C(=O)O. The van der Waals surface area contributed by atoms with Crippen LogP contribution in [0, 0.1) is 61.8 Å². The number of carboxylic acid groups (broad SMARTS) is 5. The number of methoxy groups -OCH3 is 3. The summed E-state index contributed by atoms with van der Waals surface area (Å²) in [5.74, 6) is -4.93. The van der Waals surface area contributed by atoms with Crippen molar-refractivity contribution in [3.05, 3.63) is 257 Å². The van der Waals surface area contributed by atoms with Crippen molar-refractivity contribution in [3.8, 4) is 93.0 Å². The van der Waals surface area contributed by atoms with Crippen molar-refractivity contribution in [2.24, 2.45) is 15.3 Å². The summed E-state index contributed by atoms with van der Waals surface area (Å²) in [6.07, 6.45) is 7.18. The number of anilines is 4. The first-order chi connectivity index (χ1) is 67.3. The van der Waals surface area contributed by atoms with Gasteiger partial charge in [0, 0.05) is 47.7 Å². The number of aromatic carboxylic acids is 5. The Labute approximate surface area is 862 Å². The number of fused-ring (bicyclic) bond motifs is 2. The van der Waals surface area contributed by atoms with Gasteiger partial charge in [-0.25, -0.2) is 58.6 Å². The number of para-hydroxylation sites is 6. The van der Waals surface area contributed by atoms with Gasteiger partial charge < -0.3 is 81.6 Å². The molecule has 14 aromatic rings. The number of nitrogens with one attached hydrogen (secondary N) is 1. The molecule has 1 fully saturated rings. The van der Waals surface area contributed by atoms with Gasteiger partial charge in [0.2, 0.25) is 5.75 Å². The maximum Gasteiger partial charge on any atom is 0.498 e. The molecule has 4 aliphatic rings. The van der Waals surface area contributed by atoms with Gasteiger partial charge in [0.05, 0.1) is 111 Å². The molecular formula is C96H97BBr2N16O24S5. The van der Waals surface area contributed by atoms with Crippen LogP contribution in [0.2, 0.25) is 0 Å². The summed E-state index contributed by atoms with van der Waals surface area (Å²) < 4.78 is 28.8. The monoisotopic (exact) mass is 2190 g/mol. The number of phenols is 3. The summed E-state index contributed by atoms with van der Waals surface area (Å²) in [7, 11) is 3.56. The maximum atomic E-state index is 13.0. The van der Waals surface area contributed by atoms with Crippen LogP contribution in [0.5, 0.6) is 34.5 Å². The molecule has 1 amide bonds. The van der Waals surface area contributed by atoms with E-state index in [9.17, 15) is 74.2 Å². The van der Waals surface area contributed by atoms with Crippen LogP contribution in [0.3, 0.4) is 0 Å². The number of phenolic OH excluding ortho intramolecular Hbond substituents is 3. The number of H-pyrrole nitrogens is 1. The van der Waals surface area contributed by atoms with Crippen molar-refractivity contribution in [1.29, 1.82) is 0 Å². The van der Waals surface area contributed by atoms with Crippen molar-refractivity contribution in [2.45, 2.75) is 132 Å². The largest absolute Gasteiger partial charge is 0.505 e. The molecule has 8 aromatic carbocycles. The zero-order valence-corrected chi connectivity index (χ0v) is 87.0. The number of halogens is 2. The number of thiazole rings is 5. The number of aromatic hydroxyl groups is 3. The van der Waals surface area contributed by atoms with E-state index in [4.69, 9.17) is 61.1 Å². The van der Waals surface area contributed by atoms with Gasteiger partial charge in [0.15, 0.2) is 51.4 Å². The predicted octanol–water partition coefficient (Wildman–Crippen LogP) is 19.9. The minimum absolute atomic E-state index is 0. The number of ether oxygens (including phenoxy) is 3. The van der Waals surface area contributed by atoms with Crippen LogP contribution in [0.1, 0.15) is 159 Å². The van der Waals surface area contributed by atoms with Crippen LogP contribution in [-0.2, 0) is 39.8 Å². The van der Waals surface area contributed by atoms with Crippen molar-refractivity contribution >= 4 is 190 Å². The molecule has 0 radical (unpaired) electrons. The Kier molecular flexibility index (Phi) is 36.4. The van der Waals surface area contributed by atoms with Gasteiger partial charge in [0.25, 0.3) is 11.5 Å². The Balaban J connectivity index is 0.000000175. The first-order valence-corrected chi connectivity index (χ1v) is 47.1.